The summed E-state index contributed by atoms with van der Waals surface area (Å²) in [6, 6.07) is 8.61. The Morgan fingerprint density at radius 3 is 2.76 bits per heavy atom. The quantitative estimate of drug-likeness (QED) is 0.922. The van der Waals surface area contributed by atoms with Gasteiger partial charge >= 0.3 is 5.97 Å². The first-order chi connectivity index (χ1) is 10.1. The van der Waals surface area contributed by atoms with Crippen LogP contribution in [0.25, 0.3) is 0 Å². The molecule has 1 aliphatic heterocycles. The third-order valence-corrected chi connectivity index (χ3v) is 5.27. The van der Waals surface area contributed by atoms with E-state index in [0.717, 1.165) is 19.4 Å². The highest BCUT2D eigenvalue weighted by molar-refractivity contribution is 5.70. The predicted molar refractivity (Wildman–Crippen MR) is 83.7 cm³/mol. The molecule has 1 N–H and O–H groups in total. The van der Waals surface area contributed by atoms with Crippen molar-refractivity contribution >= 4 is 5.97 Å². The molecule has 0 bridgehead atoms. The van der Waals surface area contributed by atoms with E-state index in [2.05, 4.69) is 36.2 Å². The second kappa shape index (κ2) is 5.80. The van der Waals surface area contributed by atoms with Crippen LogP contribution in [0.1, 0.15) is 55.6 Å². The maximum absolute atomic E-state index is 11.2. The van der Waals surface area contributed by atoms with E-state index in [1.165, 1.54) is 36.9 Å². The van der Waals surface area contributed by atoms with Gasteiger partial charge in [0.05, 0.1) is 6.42 Å². The highest BCUT2D eigenvalue weighted by Gasteiger charge is 2.47. The molecule has 3 rings (SSSR count). The number of carbonyl (C=O) groups is 1. The van der Waals surface area contributed by atoms with Gasteiger partial charge in [-0.1, -0.05) is 24.3 Å². The van der Waals surface area contributed by atoms with Gasteiger partial charge in [-0.3, -0.25) is 4.79 Å². The van der Waals surface area contributed by atoms with Gasteiger partial charge in [0, 0.05) is 5.41 Å². The van der Waals surface area contributed by atoms with Crippen molar-refractivity contribution in [1.29, 1.82) is 0 Å². The van der Waals surface area contributed by atoms with Crippen molar-refractivity contribution in [3.8, 4) is 0 Å². The van der Waals surface area contributed by atoms with E-state index in [1.54, 1.807) is 0 Å². The summed E-state index contributed by atoms with van der Waals surface area (Å²) < 4.78 is 0. The van der Waals surface area contributed by atoms with Crippen LogP contribution in [0.4, 0.5) is 0 Å². The molecule has 1 atom stereocenters. The topological polar surface area (TPSA) is 40.5 Å². The Morgan fingerprint density at radius 1 is 1.29 bits per heavy atom. The zero-order chi connectivity index (χ0) is 14.9. The molecule has 114 valence electrons. The molecule has 3 heteroatoms. The first kappa shape index (κ1) is 14.6. The van der Waals surface area contributed by atoms with Gasteiger partial charge in [-0.25, -0.2) is 0 Å². The van der Waals surface area contributed by atoms with Gasteiger partial charge in [0.1, 0.15) is 0 Å². The van der Waals surface area contributed by atoms with Gasteiger partial charge in [-0.05, 0) is 69.3 Å². The summed E-state index contributed by atoms with van der Waals surface area (Å²) >= 11 is 0. The molecule has 3 nitrogen and oxygen atoms in total. The van der Waals surface area contributed by atoms with Crippen molar-refractivity contribution in [2.75, 3.05) is 20.1 Å². The molecule has 0 amide bonds. The third-order valence-electron chi connectivity index (χ3n) is 5.27. The summed E-state index contributed by atoms with van der Waals surface area (Å²) in [5.74, 6) is -0.0691. The Hall–Kier alpha value is -1.35. The molecule has 1 aliphatic carbocycles. The maximum Gasteiger partial charge on any atom is 0.304 e. The standard InChI is InChI=1S/C18H25NO2/c1-19-11-4-5-14(8-12-19)15-6-2-3-7-16(15)18(9-10-18)13-17(20)21/h2-3,6-7,14H,4-5,8-13H2,1H3,(H,20,21). The van der Waals surface area contributed by atoms with Crippen molar-refractivity contribution in [1.82, 2.24) is 4.90 Å². The van der Waals surface area contributed by atoms with Gasteiger partial charge in [-0.15, -0.1) is 0 Å². The Balaban J connectivity index is 1.87. The number of hydrogen-bond donors (Lipinski definition) is 1. The van der Waals surface area contributed by atoms with Crippen molar-refractivity contribution in [2.45, 2.75) is 49.9 Å². The smallest absolute Gasteiger partial charge is 0.304 e. The Labute approximate surface area is 127 Å². The van der Waals surface area contributed by atoms with E-state index < -0.39 is 5.97 Å². The minimum Gasteiger partial charge on any atom is -0.481 e. The highest BCUT2D eigenvalue weighted by Crippen LogP contribution is 2.53. The molecule has 2 aliphatic rings. The van der Waals surface area contributed by atoms with Gasteiger partial charge in [-0.2, -0.15) is 0 Å². The summed E-state index contributed by atoms with van der Waals surface area (Å²) in [6.07, 6.45) is 6.01. The van der Waals surface area contributed by atoms with Crippen molar-refractivity contribution < 1.29 is 9.90 Å². The average molecular weight is 287 g/mol. The van der Waals surface area contributed by atoms with Crippen LogP contribution in [-0.4, -0.2) is 36.1 Å². The molecular formula is C18H25NO2. The Bertz CT molecular complexity index is 522. The fourth-order valence-corrected chi connectivity index (χ4v) is 3.87. The normalized spacial score (nSPS) is 25.3. The van der Waals surface area contributed by atoms with E-state index in [9.17, 15) is 9.90 Å². The number of nitrogens with zero attached hydrogens (tertiary/aromatic N) is 1. The van der Waals surface area contributed by atoms with Gasteiger partial charge < -0.3 is 10.0 Å². The number of likely N-dealkylation sites (tertiary alicyclic amines) is 1. The van der Waals surface area contributed by atoms with E-state index in [4.69, 9.17) is 0 Å². The third kappa shape index (κ3) is 3.13. The molecule has 1 aromatic carbocycles. The van der Waals surface area contributed by atoms with E-state index in [1.807, 2.05) is 0 Å². The van der Waals surface area contributed by atoms with Crippen LogP contribution in [0.15, 0.2) is 24.3 Å². The largest absolute Gasteiger partial charge is 0.481 e. The molecule has 1 unspecified atom stereocenters. The van der Waals surface area contributed by atoms with Crippen LogP contribution in [0.5, 0.6) is 0 Å². The minimum absolute atomic E-state index is 0.0688. The molecule has 1 heterocycles. The van der Waals surface area contributed by atoms with Crippen LogP contribution >= 0.6 is 0 Å². The minimum atomic E-state index is -0.664. The lowest BCUT2D eigenvalue weighted by atomic mass is 9.81. The highest BCUT2D eigenvalue weighted by atomic mass is 16.4. The van der Waals surface area contributed by atoms with E-state index in [0.29, 0.717) is 5.92 Å². The fraction of sp³-hybridized carbons (Fsp3) is 0.611. The summed E-state index contributed by atoms with van der Waals surface area (Å²) in [5, 5.41) is 9.22. The summed E-state index contributed by atoms with van der Waals surface area (Å²) in [4.78, 5) is 13.6. The van der Waals surface area contributed by atoms with Crippen LogP contribution < -0.4 is 0 Å². The van der Waals surface area contributed by atoms with Gasteiger partial charge in [0.2, 0.25) is 0 Å². The molecule has 0 radical (unpaired) electrons. The number of hydrogen-bond acceptors (Lipinski definition) is 2. The maximum atomic E-state index is 11.2. The molecule has 0 aromatic heterocycles. The second-order valence-electron chi connectivity index (χ2n) is 6.87. The molecule has 2 fully saturated rings. The zero-order valence-corrected chi connectivity index (χ0v) is 12.8. The molecule has 1 saturated carbocycles. The summed E-state index contributed by atoms with van der Waals surface area (Å²) in [6.45, 7) is 2.32. The first-order valence-corrected chi connectivity index (χ1v) is 8.10. The zero-order valence-electron chi connectivity index (χ0n) is 12.8. The lowest BCUT2D eigenvalue weighted by molar-refractivity contribution is -0.137. The van der Waals surface area contributed by atoms with Gasteiger partial charge in [0.25, 0.3) is 0 Å². The summed E-state index contributed by atoms with van der Waals surface area (Å²) in [5.41, 5.74) is 2.68. The number of benzene rings is 1. The number of aliphatic carboxylic acids is 1. The fourth-order valence-electron chi connectivity index (χ4n) is 3.87. The summed E-state index contributed by atoms with van der Waals surface area (Å²) in [7, 11) is 2.20. The molecule has 1 saturated heterocycles. The Morgan fingerprint density at radius 2 is 2.05 bits per heavy atom. The lowest BCUT2D eigenvalue weighted by Crippen LogP contribution is -2.19. The molecular weight excluding hydrogens is 262 g/mol. The van der Waals surface area contributed by atoms with E-state index in [-0.39, 0.29) is 11.8 Å². The number of rotatable bonds is 4. The SMILES string of the molecule is CN1CCCC(c2ccccc2C2(CC(=O)O)CC2)CC1. The second-order valence-corrected chi connectivity index (χ2v) is 6.87. The van der Waals surface area contributed by atoms with Crippen LogP contribution in [0, 0.1) is 0 Å². The molecule has 21 heavy (non-hydrogen) atoms. The average Bonchev–Trinajstić information content (AvgIpc) is 3.24. The van der Waals surface area contributed by atoms with Crippen molar-refractivity contribution in [3.63, 3.8) is 0 Å². The van der Waals surface area contributed by atoms with Gasteiger partial charge in [0.15, 0.2) is 0 Å². The first-order valence-electron chi connectivity index (χ1n) is 8.10. The van der Waals surface area contributed by atoms with E-state index >= 15 is 0 Å². The number of carboxylic acids is 1. The molecule has 0 spiro atoms. The van der Waals surface area contributed by atoms with Crippen LogP contribution in [0.3, 0.4) is 0 Å². The predicted octanol–water partition coefficient (Wildman–Crippen LogP) is 3.39. The van der Waals surface area contributed by atoms with Crippen LogP contribution in [-0.2, 0) is 10.2 Å². The molecule has 1 aromatic rings. The number of carboxylic acid groups (broad SMARTS) is 1. The monoisotopic (exact) mass is 287 g/mol. The van der Waals surface area contributed by atoms with Crippen molar-refractivity contribution in [3.05, 3.63) is 35.4 Å². The lowest BCUT2D eigenvalue weighted by Gasteiger charge is -2.23. The van der Waals surface area contributed by atoms with Crippen molar-refractivity contribution in [2.24, 2.45) is 0 Å². The Kier molecular flexibility index (Phi) is 4.03. The van der Waals surface area contributed by atoms with Crippen LogP contribution in [0.2, 0.25) is 0 Å².